The summed E-state index contributed by atoms with van der Waals surface area (Å²) in [5.41, 5.74) is 2.54. The first-order valence-electron chi connectivity index (χ1n) is 7.99. The monoisotopic (exact) mass is 342 g/mol. The Bertz CT molecular complexity index is 691. The number of amidine groups is 1. The number of allylic oxidation sites excluding steroid dienone is 3. The average molecular weight is 342 g/mol. The summed E-state index contributed by atoms with van der Waals surface area (Å²) in [5, 5.41) is 5.88. The van der Waals surface area contributed by atoms with Crippen molar-refractivity contribution < 1.29 is 9.53 Å². The lowest BCUT2D eigenvalue weighted by Gasteiger charge is -2.12. The fourth-order valence-corrected chi connectivity index (χ4v) is 1.91. The minimum absolute atomic E-state index is 0.117. The zero-order valence-corrected chi connectivity index (χ0v) is 15.4. The molecule has 0 aliphatic rings. The first-order valence-corrected chi connectivity index (χ1v) is 7.99. The molecule has 6 heteroatoms. The number of nitrogens with zero attached hydrogens (tertiary/aromatic N) is 2. The van der Waals surface area contributed by atoms with Gasteiger partial charge in [0.2, 0.25) is 5.91 Å². The third-order valence-electron chi connectivity index (χ3n) is 3.22. The number of carbonyl (C=O) groups excluding carboxylic acids is 1. The lowest BCUT2D eigenvalue weighted by atomic mass is 10.1. The fraction of sp³-hybridized carbons (Fsp3) is 0.316. The standard InChI is InChI=1S/C19H26N4O2/c1-14(7-6-11-20-4)10-12-21-19(25-5)23-18-13-17(22-16(3)24)9-8-15(18)2/h6-14H,1-5H3,(H,21,23)(H,22,24)/b7-6-,12-10+,20-11?. The van der Waals surface area contributed by atoms with Crippen LogP contribution in [0.25, 0.3) is 0 Å². The van der Waals surface area contributed by atoms with Crippen LogP contribution in [0.1, 0.15) is 19.4 Å². The van der Waals surface area contributed by atoms with Crippen LogP contribution in [0.3, 0.4) is 0 Å². The zero-order chi connectivity index (χ0) is 18.7. The molecule has 0 bridgehead atoms. The van der Waals surface area contributed by atoms with Gasteiger partial charge in [0.25, 0.3) is 6.02 Å². The second-order valence-electron chi connectivity index (χ2n) is 5.47. The molecule has 1 aromatic carbocycles. The normalized spacial score (nSPS) is 13.6. The van der Waals surface area contributed by atoms with Crippen molar-refractivity contribution in [3.8, 4) is 0 Å². The van der Waals surface area contributed by atoms with Gasteiger partial charge in [-0.05, 0) is 36.6 Å². The Morgan fingerprint density at radius 1 is 1.28 bits per heavy atom. The minimum Gasteiger partial charge on any atom is -0.468 e. The van der Waals surface area contributed by atoms with Crippen molar-refractivity contribution in [3.05, 3.63) is 48.2 Å². The quantitative estimate of drug-likeness (QED) is 0.610. The van der Waals surface area contributed by atoms with Crippen LogP contribution in [0, 0.1) is 12.8 Å². The molecule has 0 aromatic heterocycles. The van der Waals surface area contributed by atoms with E-state index in [9.17, 15) is 4.79 Å². The van der Waals surface area contributed by atoms with Gasteiger partial charge in [-0.1, -0.05) is 25.1 Å². The number of anilines is 2. The lowest BCUT2D eigenvalue weighted by molar-refractivity contribution is -0.114. The summed E-state index contributed by atoms with van der Waals surface area (Å²) in [4.78, 5) is 19.4. The molecule has 2 N–H and O–H groups in total. The lowest BCUT2D eigenvalue weighted by Crippen LogP contribution is -2.15. The molecular formula is C19H26N4O2. The predicted octanol–water partition coefficient (Wildman–Crippen LogP) is 3.77. The molecule has 1 rings (SSSR count). The summed E-state index contributed by atoms with van der Waals surface area (Å²) >= 11 is 0. The van der Waals surface area contributed by atoms with E-state index >= 15 is 0 Å². The molecule has 0 radical (unpaired) electrons. The molecule has 0 spiro atoms. The molecule has 0 saturated carbocycles. The zero-order valence-electron chi connectivity index (χ0n) is 15.4. The van der Waals surface area contributed by atoms with E-state index in [1.54, 1.807) is 26.6 Å². The van der Waals surface area contributed by atoms with Crippen molar-refractivity contribution >= 4 is 29.5 Å². The highest BCUT2D eigenvalue weighted by Crippen LogP contribution is 2.20. The van der Waals surface area contributed by atoms with E-state index < -0.39 is 0 Å². The van der Waals surface area contributed by atoms with Crippen LogP contribution in [-0.2, 0) is 9.53 Å². The molecule has 25 heavy (non-hydrogen) atoms. The number of rotatable bonds is 6. The molecule has 6 nitrogen and oxygen atoms in total. The van der Waals surface area contributed by atoms with E-state index in [0.29, 0.717) is 11.7 Å². The van der Waals surface area contributed by atoms with E-state index in [4.69, 9.17) is 4.74 Å². The number of benzene rings is 1. The van der Waals surface area contributed by atoms with Gasteiger partial charge in [0, 0.05) is 37.8 Å². The highest BCUT2D eigenvalue weighted by Gasteiger charge is 2.05. The molecule has 134 valence electrons. The number of ether oxygens (including phenoxy) is 1. The van der Waals surface area contributed by atoms with E-state index in [-0.39, 0.29) is 11.8 Å². The Morgan fingerprint density at radius 2 is 2.04 bits per heavy atom. The maximum atomic E-state index is 11.2. The van der Waals surface area contributed by atoms with E-state index in [2.05, 4.69) is 20.6 Å². The number of aryl methyl sites for hydroxylation is 1. The molecular weight excluding hydrogens is 316 g/mol. The Kier molecular flexibility index (Phi) is 8.71. The second-order valence-corrected chi connectivity index (χ2v) is 5.47. The van der Waals surface area contributed by atoms with Crippen LogP contribution in [0.2, 0.25) is 0 Å². The van der Waals surface area contributed by atoms with Crippen molar-refractivity contribution in [2.75, 3.05) is 24.8 Å². The summed E-state index contributed by atoms with van der Waals surface area (Å²) in [7, 11) is 3.28. The molecule has 1 amide bonds. The number of nitrogens with one attached hydrogen (secondary N) is 2. The summed E-state index contributed by atoms with van der Waals surface area (Å²) in [6.45, 7) is 5.49. The number of carbonyl (C=O) groups is 1. The van der Waals surface area contributed by atoms with Gasteiger partial charge in [0.1, 0.15) is 0 Å². The summed E-state index contributed by atoms with van der Waals surface area (Å²) < 4.78 is 5.27. The van der Waals surface area contributed by atoms with E-state index in [1.807, 2.05) is 50.3 Å². The predicted molar refractivity (Wildman–Crippen MR) is 105 cm³/mol. The van der Waals surface area contributed by atoms with Gasteiger partial charge in [-0.25, -0.2) is 4.99 Å². The fourth-order valence-electron chi connectivity index (χ4n) is 1.91. The van der Waals surface area contributed by atoms with Crippen LogP contribution in [0.15, 0.2) is 52.6 Å². The van der Waals surface area contributed by atoms with Crippen LogP contribution in [-0.4, -0.2) is 32.3 Å². The third-order valence-corrected chi connectivity index (χ3v) is 3.22. The van der Waals surface area contributed by atoms with Gasteiger partial charge < -0.3 is 15.4 Å². The van der Waals surface area contributed by atoms with Gasteiger partial charge in [-0.15, -0.1) is 0 Å². The van der Waals surface area contributed by atoms with Crippen molar-refractivity contribution in [2.24, 2.45) is 15.9 Å². The first-order chi connectivity index (χ1) is 12.0. The molecule has 1 aromatic rings. The summed E-state index contributed by atoms with van der Waals surface area (Å²) in [6.07, 6.45) is 9.28. The maximum Gasteiger partial charge on any atom is 0.293 e. The van der Waals surface area contributed by atoms with Crippen molar-refractivity contribution in [2.45, 2.75) is 20.8 Å². The Hall–Kier alpha value is -2.89. The largest absolute Gasteiger partial charge is 0.468 e. The topological polar surface area (TPSA) is 75.1 Å². The van der Waals surface area contributed by atoms with Crippen LogP contribution in [0.4, 0.5) is 11.4 Å². The van der Waals surface area contributed by atoms with E-state index in [0.717, 1.165) is 11.3 Å². The molecule has 0 aliphatic heterocycles. The Morgan fingerprint density at radius 3 is 2.68 bits per heavy atom. The Labute approximate surface area is 149 Å². The molecule has 0 aliphatic carbocycles. The van der Waals surface area contributed by atoms with Gasteiger partial charge in [-0.2, -0.15) is 0 Å². The van der Waals surface area contributed by atoms with Crippen molar-refractivity contribution in [1.82, 2.24) is 0 Å². The van der Waals surface area contributed by atoms with E-state index in [1.165, 1.54) is 6.92 Å². The number of methoxy groups -OCH3 is 1. The number of hydrogen-bond acceptors (Lipinski definition) is 4. The average Bonchev–Trinajstić information content (AvgIpc) is 2.56. The van der Waals surface area contributed by atoms with Crippen LogP contribution in [0.5, 0.6) is 0 Å². The highest BCUT2D eigenvalue weighted by molar-refractivity contribution is 5.93. The molecule has 0 saturated heterocycles. The highest BCUT2D eigenvalue weighted by atomic mass is 16.5. The molecule has 1 atom stereocenters. The van der Waals surface area contributed by atoms with Crippen molar-refractivity contribution in [1.29, 1.82) is 0 Å². The smallest absolute Gasteiger partial charge is 0.293 e. The van der Waals surface area contributed by atoms with Crippen LogP contribution >= 0.6 is 0 Å². The first kappa shape index (κ1) is 20.2. The Balaban J connectivity index is 2.82. The number of amides is 1. The number of hydrogen-bond donors (Lipinski definition) is 2. The molecule has 1 unspecified atom stereocenters. The van der Waals surface area contributed by atoms with Gasteiger partial charge in [0.15, 0.2) is 0 Å². The maximum absolute atomic E-state index is 11.2. The third kappa shape index (κ3) is 7.97. The van der Waals surface area contributed by atoms with Gasteiger partial charge in [-0.3, -0.25) is 9.79 Å². The molecule has 0 fully saturated rings. The van der Waals surface area contributed by atoms with Gasteiger partial charge in [0.05, 0.1) is 7.11 Å². The second kappa shape index (κ2) is 10.8. The van der Waals surface area contributed by atoms with Crippen molar-refractivity contribution in [3.63, 3.8) is 0 Å². The number of aliphatic imine (C=N–C) groups is 2. The van der Waals surface area contributed by atoms with Gasteiger partial charge >= 0.3 is 0 Å². The summed E-state index contributed by atoms with van der Waals surface area (Å²) in [5.74, 6) is 0.109. The summed E-state index contributed by atoms with van der Waals surface area (Å²) in [6, 6.07) is 5.97. The van der Waals surface area contributed by atoms with Crippen LogP contribution < -0.4 is 10.6 Å². The molecule has 0 heterocycles. The SMILES string of the molecule is CN=C/C=C\C(C)/C=C/N=C(Nc1cc(NC(C)=O)ccc1C)OC. The minimum atomic E-state index is -0.117.